The van der Waals surface area contributed by atoms with Gasteiger partial charge in [0.2, 0.25) is 0 Å². The van der Waals surface area contributed by atoms with Crippen LogP contribution in [0.3, 0.4) is 0 Å². The molecule has 3 heterocycles. The van der Waals surface area contributed by atoms with Gasteiger partial charge in [-0.15, -0.1) is 5.06 Å². The summed E-state index contributed by atoms with van der Waals surface area (Å²) < 4.78 is 5.23. The van der Waals surface area contributed by atoms with Gasteiger partial charge in [0.1, 0.15) is 11.1 Å². The van der Waals surface area contributed by atoms with Crippen molar-refractivity contribution in [3.63, 3.8) is 0 Å². The van der Waals surface area contributed by atoms with Crippen LogP contribution in [0.1, 0.15) is 51.9 Å². The summed E-state index contributed by atoms with van der Waals surface area (Å²) in [5.41, 5.74) is 3.29. The van der Waals surface area contributed by atoms with Crippen LogP contribution in [0.25, 0.3) is 22.4 Å². The first-order chi connectivity index (χ1) is 16.4. The third-order valence-electron chi connectivity index (χ3n) is 5.65. The lowest BCUT2D eigenvalue weighted by Crippen LogP contribution is -2.47. The van der Waals surface area contributed by atoms with Crippen LogP contribution in [0.4, 0.5) is 10.5 Å². The molecule has 1 aliphatic rings. The van der Waals surface area contributed by atoms with Gasteiger partial charge >= 0.3 is 6.16 Å². The quantitative estimate of drug-likeness (QED) is 0.419. The molecule has 0 spiro atoms. The van der Waals surface area contributed by atoms with Gasteiger partial charge in [-0.2, -0.15) is 0 Å². The second kappa shape index (κ2) is 9.30. The van der Waals surface area contributed by atoms with Crippen LogP contribution in [-0.2, 0) is 9.57 Å². The normalized spacial score (nSPS) is 15.3. The van der Waals surface area contributed by atoms with Crippen molar-refractivity contribution in [1.29, 1.82) is 0 Å². The zero-order valence-electron chi connectivity index (χ0n) is 21.2. The number of H-pyrrole nitrogens is 1. The Morgan fingerprint density at radius 1 is 1.03 bits per heavy atom. The summed E-state index contributed by atoms with van der Waals surface area (Å²) >= 11 is 0. The van der Waals surface area contributed by atoms with Crippen molar-refractivity contribution in [2.45, 2.75) is 47.1 Å². The van der Waals surface area contributed by atoms with Gasteiger partial charge in [-0.25, -0.2) is 14.8 Å². The first-order valence-corrected chi connectivity index (χ1v) is 11.8. The maximum absolute atomic E-state index is 12.9. The summed E-state index contributed by atoms with van der Waals surface area (Å²) in [6.45, 7) is 13.6. The number of ketones is 1. The minimum Gasteiger partial charge on any atom is -0.427 e. The molecule has 0 unspecified atom stereocenters. The van der Waals surface area contributed by atoms with Gasteiger partial charge in [-0.1, -0.05) is 32.9 Å². The summed E-state index contributed by atoms with van der Waals surface area (Å²) in [4.78, 5) is 44.7. The maximum Gasteiger partial charge on any atom is 0.528 e. The van der Waals surface area contributed by atoms with Gasteiger partial charge in [0, 0.05) is 36.0 Å². The van der Waals surface area contributed by atoms with E-state index in [1.807, 2.05) is 39.0 Å². The number of nitrogens with one attached hydrogen (secondary N) is 1. The molecule has 4 rings (SSSR count). The summed E-state index contributed by atoms with van der Waals surface area (Å²) in [6, 6.07) is 8.08. The second-order valence-electron chi connectivity index (χ2n) is 10.8. The monoisotopic (exact) mass is 479 g/mol. The highest BCUT2D eigenvalue weighted by Gasteiger charge is 2.27. The van der Waals surface area contributed by atoms with E-state index in [1.165, 1.54) is 0 Å². The van der Waals surface area contributed by atoms with Crippen LogP contribution in [0.15, 0.2) is 36.7 Å². The third-order valence-corrected chi connectivity index (χ3v) is 5.65. The molecule has 1 fully saturated rings. The number of carbonyl (C=O) groups is 2. The van der Waals surface area contributed by atoms with Crippen molar-refractivity contribution in [1.82, 2.24) is 20.0 Å². The lowest BCUT2D eigenvalue weighted by atomic mass is 9.87. The van der Waals surface area contributed by atoms with Crippen LogP contribution in [0.5, 0.6) is 0 Å². The number of rotatable bonds is 4. The number of fused-ring (bicyclic) bond motifs is 1. The van der Waals surface area contributed by atoms with Gasteiger partial charge in [-0.3, -0.25) is 4.79 Å². The molecule has 1 saturated heterocycles. The van der Waals surface area contributed by atoms with Crippen LogP contribution in [-0.4, -0.2) is 63.7 Å². The zero-order chi connectivity index (χ0) is 25.4. The molecule has 1 aliphatic heterocycles. The summed E-state index contributed by atoms with van der Waals surface area (Å²) in [7, 11) is 0. The molecule has 0 saturated carbocycles. The van der Waals surface area contributed by atoms with Crippen LogP contribution >= 0.6 is 0 Å². The molecule has 1 N–H and O–H groups in total. The van der Waals surface area contributed by atoms with E-state index in [9.17, 15) is 9.59 Å². The molecule has 35 heavy (non-hydrogen) atoms. The van der Waals surface area contributed by atoms with Crippen molar-refractivity contribution in [3.05, 3.63) is 42.2 Å². The Kier molecular flexibility index (Phi) is 6.55. The minimum absolute atomic E-state index is 0.0235. The van der Waals surface area contributed by atoms with Gasteiger partial charge < -0.3 is 19.5 Å². The van der Waals surface area contributed by atoms with E-state index in [0.717, 1.165) is 11.3 Å². The number of aromatic amines is 1. The van der Waals surface area contributed by atoms with Gasteiger partial charge in [0.15, 0.2) is 11.4 Å². The Bertz CT molecular complexity index is 1230. The van der Waals surface area contributed by atoms with E-state index in [2.05, 4.69) is 20.9 Å². The predicted molar refractivity (Wildman–Crippen MR) is 134 cm³/mol. The van der Waals surface area contributed by atoms with E-state index in [4.69, 9.17) is 14.6 Å². The predicted octanol–water partition coefficient (Wildman–Crippen LogP) is 4.84. The average Bonchev–Trinajstić information content (AvgIpc) is 3.20. The van der Waals surface area contributed by atoms with E-state index in [-0.39, 0.29) is 5.78 Å². The highest BCUT2D eigenvalue weighted by Crippen LogP contribution is 2.28. The third kappa shape index (κ3) is 5.79. The number of ether oxygens (including phenoxy) is 1. The minimum atomic E-state index is -0.684. The first kappa shape index (κ1) is 24.7. The molecule has 0 bridgehead atoms. The number of carbonyl (C=O) groups excluding carboxylic acids is 2. The average molecular weight is 480 g/mol. The molecule has 9 heteroatoms. The summed E-state index contributed by atoms with van der Waals surface area (Å²) in [6.07, 6.45) is 2.73. The van der Waals surface area contributed by atoms with E-state index >= 15 is 0 Å². The molecule has 0 atom stereocenters. The number of hydroxylamine groups is 2. The van der Waals surface area contributed by atoms with Crippen LogP contribution in [0, 0.1) is 5.41 Å². The first-order valence-electron chi connectivity index (χ1n) is 11.8. The maximum atomic E-state index is 12.9. The number of hydrogen-bond donors (Lipinski definition) is 1. The number of Topliss-reactive ketones (excluding diaryl/α,β-unsaturated/α-hetero) is 1. The second-order valence-corrected chi connectivity index (χ2v) is 10.8. The lowest BCUT2D eigenvalue weighted by Gasteiger charge is -2.35. The highest BCUT2D eigenvalue weighted by molar-refractivity contribution is 6.08. The van der Waals surface area contributed by atoms with Crippen molar-refractivity contribution in [2.24, 2.45) is 5.41 Å². The molecule has 0 aliphatic carbocycles. The van der Waals surface area contributed by atoms with Crippen LogP contribution in [0.2, 0.25) is 0 Å². The number of hydrogen-bond acceptors (Lipinski definition) is 8. The van der Waals surface area contributed by atoms with E-state index < -0.39 is 17.2 Å². The SMILES string of the molecule is CC(C)(C)OC(=O)ON1CCN(c2cccc(-c3cnc4[nH]cc(C(=O)C(C)(C)C)c4n3)c2)CC1. The van der Waals surface area contributed by atoms with E-state index in [0.29, 0.717) is 48.6 Å². The standard InChI is InChI=1S/C26H33N5O4/c1-25(2,3)22(32)19-15-27-23-21(19)29-20(16-28-23)17-8-7-9-18(14-17)30-10-12-31(13-11-30)35-24(33)34-26(4,5)6/h7-9,14-16H,10-13H2,1-6H3,(H,27,28). The highest BCUT2D eigenvalue weighted by atomic mass is 16.8. The Morgan fingerprint density at radius 3 is 2.40 bits per heavy atom. The number of piperazine rings is 1. The fourth-order valence-corrected chi connectivity index (χ4v) is 3.88. The molecule has 0 amide bonds. The fourth-order valence-electron chi connectivity index (χ4n) is 3.88. The molecule has 3 aromatic rings. The van der Waals surface area contributed by atoms with Crippen molar-refractivity contribution < 1.29 is 19.2 Å². The van der Waals surface area contributed by atoms with Gasteiger partial charge in [0.25, 0.3) is 0 Å². The van der Waals surface area contributed by atoms with Crippen molar-refractivity contribution in [2.75, 3.05) is 31.1 Å². The molecule has 0 radical (unpaired) electrons. The fraction of sp³-hybridized carbons (Fsp3) is 0.462. The molecule has 1 aromatic carbocycles. The Hall–Kier alpha value is -3.46. The molecule has 9 nitrogen and oxygen atoms in total. The number of nitrogens with zero attached hydrogens (tertiary/aromatic N) is 4. The molecular weight excluding hydrogens is 446 g/mol. The molecular formula is C26H33N5O4. The number of benzene rings is 1. The van der Waals surface area contributed by atoms with Crippen molar-refractivity contribution >= 4 is 28.8 Å². The molecule has 2 aromatic heterocycles. The van der Waals surface area contributed by atoms with Crippen molar-refractivity contribution in [3.8, 4) is 11.3 Å². The smallest absolute Gasteiger partial charge is 0.427 e. The topological polar surface area (TPSA) is 101 Å². The number of aromatic nitrogens is 3. The van der Waals surface area contributed by atoms with Gasteiger partial charge in [0.05, 0.1) is 30.5 Å². The lowest BCUT2D eigenvalue weighted by molar-refractivity contribution is -0.144. The van der Waals surface area contributed by atoms with E-state index in [1.54, 1.807) is 38.2 Å². The Balaban J connectivity index is 1.48. The van der Waals surface area contributed by atoms with Gasteiger partial charge in [-0.05, 0) is 32.9 Å². The Labute approximate surface area is 205 Å². The summed E-state index contributed by atoms with van der Waals surface area (Å²) in [5.74, 6) is 0.0235. The summed E-state index contributed by atoms with van der Waals surface area (Å²) in [5, 5.41) is 1.63. The Morgan fingerprint density at radius 2 is 1.74 bits per heavy atom. The number of anilines is 1. The largest absolute Gasteiger partial charge is 0.528 e. The molecule has 186 valence electrons. The van der Waals surface area contributed by atoms with Crippen LogP contribution < -0.4 is 4.90 Å². The zero-order valence-corrected chi connectivity index (χ0v) is 21.2.